The van der Waals surface area contributed by atoms with Gasteiger partial charge in [-0.3, -0.25) is 0 Å². The maximum Gasteiger partial charge on any atom is 0.0626 e. The van der Waals surface area contributed by atoms with Crippen LogP contribution in [0.2, 0.25) is 0 Å². The van der Waals surface area contributed by atoms with Gasteiger partial charge in [0.1, 0.15) is 0 Å². The Morgan fingerprint density at radius 2 is 1.85 bits per heavy atom. The Balaban J connectivity index is 2.04. The lowest BCUT2D eigenvalue weighted by molar-refractivity contribution is 0.244. The van der Waals surface area contributed by atoms with Crippen LogP contribution in [0.25, 0.3) is 0 Å². The summed E-state index contributed by atoms with van der Waals surface area (Å²) in [7, 11) is 0. The van der Waals surface area contributed by atoms with Crippen LogP contribution < -0.4 is 5.32 Å². The van der Waals surface area contributed by atoms with Crippen molar-refractivity contribution in [3.63, 3.8) is 0 Å². The highest BCUT2D eigenvalue weighted by molar-refractivity contribution is 7.09. The van der Waals surface area contributed by atoms with E-state index in [4.69, 9.17) is 0 Å². The van der Waals surface area contributed by atoms with Crippen molar-refractivity contribution in [2.75, 3.05) is 6.61 Å². The molecule has 0 saturated carbocycles. The molecule has 0 spiro atoms. The SMILES string of the molecule is CC(C)(C)c1ccc(C(CO)NCc2cccs2)cc1. The largest absolute Gasteiger partial charge is 0.394 e. The lowest BCUT2D eigenvalue weighted by Gasteiger charge is -2.21. The van der Waals surface area contributed by atoms with Crippen LogP contribution in [0.5, 0.6) is 0 Å². The van der Waals surface area contributed by atoms with Gasteiger partial charge in [0.15, 0.2) is 0 Å². The average molecular weight is 289 g/mol. The molecule has 1 aromatic carbocycles. The average Bonchev–Trinajstić information content (AvgIpc) is 2.92. The van der Waals surface area contributed by atoms with E-state index in [2.05, 4.69) is 61.8 Å². The molecule has 0 radical (unpaired) electrons. The summed E-state index contributed by atoms with van der Waals surface area (Å²) in [6.07, 6.45) is 0. The molecule has 20 heavy (non-hydrogen) atoms. The smallest absolute Gasteiger partial charge is 0.0626 e. The predicted octanol–water partition coefficient (Wildman–Crippen LogP) is 3.87. The van der Waals surface area contributed by atoms with Crippen molar-refractivity contribution in [3.8, 4) is 0 Å². The van der Waals surface area contributed by atoms with E-state index in [1.807, 2.05) is 6.07 Å². The highest BCUT2D eigenvalue weighted by Gasteiger charge is 2.15. The van der Waals surface area contributed by atoms with E-state index in [9.17, 15) is 5.11 Å². The predicted molar refractivity (Wildman–Crippen MR) is 86.1 cm³/mol. The number of rotatable bonds is 5. The van der Waals surface area contributed by atoms with E-state index in [-0.39, 0.29) is 18.1 Å². The fourth-order valence-electron chi connectivity index (χ4n) is 2.14. The van der Waals surface area contributed by atoms with Crippen LogP contribution in [-0.2, 0) is 12.0 Å². The summed E-state index contributed by atoms with van der Waals surface area (Å²) in [6, 6.07) is 12.7. The molecule has 0 fully saturated rings. The molecule has 0 aliphatic rings. The van der Waals surface area contributed by atoms with Gasteiger partial charge >= 0.3 is 0 Å². The van der Waals surface area contributed by atoms with Gasteiger partial charge in [-0.1, -0.05) is 51.1 Å². The van der Waals surface area contributed by atoms with Crippen LogP contribution in [0.1, 0.15) is 42.8 Å². The third kappa shape index (κ3) is 3.92. The third-order valence-corrected chi connectivity index (χ3v) is 4.34. The molecule has 2 nitrogen and oxygen atoms in total. The molecular weight excluding hydrogens is 266 g/mol. The zero-order valence-corrected chi connectivity index (χ0v) is 13.2. The molecule has 2 rings (SSSR count). The molecule has 2 aromatic rings. The summed E-state index contributed by atoms with van der Waals surface area (Å²) in [5, 5.41) is 15.1. The zero-order valence-electron chi connectivity index (χ0n) is 12.4. The fraction of sp³-hybridized carbons (Fsp3) is 0.412. The van der Waals surface area contributed by atoms with Gasteiger partial charge in [-0.2, -0.15) is 0 Å². The molecule has 3 heteroatoms. The number of hydrogen-bond donors (Lipinski definition) is 2. The maximum absolute atomic E-state index is 9.58. The molecule has 1 heterocycles. The van der Waals surface area contributed by atoms with Crippen molar-refractivity contribution >= 4 is 11.3 Å². The van der Waals surface area contributed by atoms with E-state index in [0.717, 1.165) is 12.1 Å². The molecule has 108 valence electrons. The van der Waals surface area contributed by atoms with Crippen molar-refractivity contribution in [2.24, 2.45) is 0 Å². The zero-order chi connectivity index (χ0) is 14.6. The lowest BCUT2D eigenvalue weighted by Crippen LogP contribution is -2.23. The second-order valence-corrected chi connectivity index (χ2v) is 7.10. The number of thiophene rings is 1. The van der Waals surface area contributed by atoms with Crippen molar-refractivity contribution in [3.05, 3.63) is 57.8 Å². The molecule has 1 aromatic heterocycles. The lowest BCUT2D eigenvalue weighted by atomic mass is 9.86. The maximum atomic E-state index is 9.58. The molecule has 0 aliphatic heterocycles. The van der Waals surface area contributed by atoms with Gasteiger partial charge in [0.05, 0.1) is 12.6 Å². The topological polar surface area (TPSA) is 32.3 Å². The Hall–Kier alpha value is -1.16. The molecule has 0 bridgehead atoms. The minimum absolute atomic E-state index is 0.00822. The number of aliphatic hydroxyl groups is 1. The summed E-state index contributed by atoms with van der Waals surface area (Å²) in [4.78, 5) is 1.29. The number of aliphatic hydroxyl groups excluding tert-OH is 1. The summed E-state index contributed by atoms with van der Waals surface area (Å²) in [5.41, 5.74) is 2.62. The van der Waals surface area contributed by atoms with Crippen LogP contribution in [0.15, 0.2) is 41.8 Å². The van der Waals surface area contributed by atoms with Gasteiger partial charge in [0.25, 0.3) is 0 Å². The van der Waals surface area contributed by atoms with E-state index in [1.165, 1.54) is 10.4 Å². The molecule has 2 N–H and O–H groups in total. The van der Waals surface area contributed by atoms with Gasteiger partial charge in [0.2, 0.25) is 0 Å². The minimum atomic E-state index is -0.00822. The molecule has 0 aliphatic carbocycles. The Bertz CT molecular complexity index is 511. The molecule has 1 atom stereocenters. The summed E-state index contributed by atoms with van der Waals surface area (Å²) in [5.74, 6) is 0. The normalized spacial score (nSPS) is 13.4. The second kappa shape index (κ2) is 6.53. The number of hydrogen-bond acceptors (Lipinski definition) is 3. The quantitative estimate of drug-likeness (QED) is 0.876. The van der Waals surface area contributed by atoms with Crippen LogP contribution in [-0.4, -0.2) is 11.7 Å². The van der Waals surface area contributed by atoms with Crippen LogP contribution >= 0.6 is 11.3 Å². The van der Waals surface area contributed by atoms with Gasteiger partial charge in [0, 0.05) is 11.4 Å². The monoisotopic (exact) mass is 289 g/mol. The van der Waals surface area contributed by atoms with Crippen LogP contribution in [0.4, 0.5) is 0 Å². The summed E-state index contributed by atoms with van der Waals surface area (Å²) in [6.45, 7) is 7.53. The van der Waals surface area contributed by atoms with Crippen molar-refractivity contribution in [2.45, 2.75) is 38.8 Å². The summed E-state index contributed by atoms with van der Waals surface area (Å²) < 4.78 is 0. The first-order valence-corrected chi connectivity index (χ1v) is 7.86. The van der Waals surface area contributed by atoms with E-state index in [0.29, 0.717) is 0 Å². The molecule has 0 saturated heterocycles. The van der Waals surface area contributed by atoms with Crippen molar-refractivity contribution in [1.82, 2.24) is 5.32 Å². The van der Waals surface area contributed by atoms with E-state index >= 15 is 0 Å². The molecular formula is C17H23NOS. The van der Waals surface area contributed by atoms with Gasteiger partial charge < -0.3 is 10.4 Å². The van der Waals surface area contributed by atoms with E-state index < -0.39 is 0 Å². The molecule has 1 unspecified atom stereocenters. The Morgan fingerprint density at radius 3 is 2.35 bits per heavy atom. The van der Waals surface area contributed by atoms with Gasteiger partial charge in [-0.25, -0.2) is 0 Å². The third-order valence-electron chi connectivity index (χ3n) is 3.46. The second-order valence-electron chi connectivity index (χ2n) is 6.07. The first kappa shape index (κ1) is 15.2. The van der Waals surface area contributed by atoms with Gasteiger partial charge in [-0.15, -0.1) is 11.3 Å². The first-order valence-electron chi connectivity index (χ1n) is 6.98. The fourth-order valence-corrected chi connectivity index (χ4v) is 2.80. The highest BCUT2D eigenvalue weighted by atomic mass is 32.1. The number of benzene rings is 1. The van der Waals surface area contributed by atoms with E-state index in [1.54, 1.807) is 11.3 Å². The first-order chi connectivity index (χ1) is 9.50. The highest BCUT2D eigenvalue weighted by Crippen LogP contribution is 2.24. The van der Waals surface area contributed by atoms with Crippen molar-refractivity contribution < 1.29 is 5.11 Å². The van der Waals surface area contributed by atoms with Gasteiger partial charge in [-0.05, 0) is 28.0 Å². The summed E-state index contributed by atoms with van der Waals surface area (Å²) >= 11 is 1.73. The Morgan fingerprint density at radius 1 is 1.15 bits per heavy atom. The van der Waals surface area contributed by atoms with Crippen LogP contribution in [0.3, 0.4) is 0 Å². The molecule has 0 amide bonds. The van der Waals surface area contributed by atoms with Crippen LogP contribution in [0, 0.1) is 0 Å². The van der Waals surface area contributed by atoms with Crippen molar-refractivity contribution in [1.29, 1.82) is 0 Å². The number of nitrogens with one attached hydrogen (secondary N) is 1. The Labute approximate surface area is 125 Å². The minimum Gasteiger partial charge on any atom is -0.394 e. The standard InChI is InChI=1S/C17H23NOS/c1-17(2,3)14-8-6-13(7-9-14)16(12-19)18-11-15-5-4-10-20-15/h4-10,16,18-19H,11-12H2,1-3H3. The Kier molecular flexibility index (Phi) is 4.97.